The molecule has 0 aromatic rings. The zero-order valence-corrected chi connectivity index (χ0v) is 8.52. The Bertz CT molecular complexity index is 185. The second-order valence-electron chi connectivity index (χ2n) is 3.57. The summed E-state index contributed by atoms with van der Waals surface area (Å²) in [6.45, 7) is 4.61. The molecule has 1 N–H and O–H groups in total. The van der Waals surface area contributed by atoms with Gasteiger partial charge in [0.25, 0.3) is 0 Å². The Kier molecular flexibility index (Phi) is 2.68. The average molecular weight is 189 g/mol. The van der Waals surface area contributed by atoms with Crippen LogP contribution in [0.5, 0.6) is 0 Å². The molecule has 1 aliphatic heterocycles. The topological polar surface area (TPSA) is 40.5 Å². The van der Waals surface area contributed by atoms with E-state index in [1.165, 1.54) is 11.8 Å². The maximum Gasteiger partial charge on any atom is 0.235 e. The Morgan fingerprint density at radius 3 is 2.50 bits per heavy atom. The summed E-state index contributed by atoms with van der Waals surface area (Å²) in [5.74, 6) is 0.133. The number of rotatable bonds is 2. The quantitative estimate of drug-likeness (QED) is 0.680. The van der Waals surface area contributed by atoms with Crippen molar-refractivity contribution in [2.75, 3.05) is 19.3 Å². The lowest BCUT2D eigenvalue weighted by molar-refractivity contribution is -0.151. The van der Waals surface area contributed by atoms with E-state index in [0.717, 1.165) is 0 Å². The van der Waals surface area contributed by atoms with E-state index in [0.29, 0.717) is 13.1 Å². The van der Waals surface area contributed by atoms with E-state index >= 15 is 0 Å². The molecule has 70 valence electrons. The van der Waals surface area contributed by atoms with E-state index in [-0.39, 0.29) is 11.2 Å². The molecular formula is C8H15NO2S. The zero-order chi connectivity index (χ0) is 9.35. The van der Waals surface area contributed by atoms with Crippen LogP contribution in [-0.2, 0) is 4.79 Å². The fourth-order valence-corrected chi connectivity index (χ4v) is 1.64. The minimum absolute atomic E-state index is 0.0149. The molecule has 3 nitrogen and oxygen atoms in total. The van der Waals surface area contributed by atoms with Crippen molar-refractivity contribution in [1.29, 1.82) is 0 Å². The van der Waals surface area contributed by atoms with E-state index < -0.39 is 5.60 Å². The molecule has 0 aromatic heterocycles. The number of β-amino-alcohol motifs (C(OH)–C–C–N with tert-alkyl or cyclic N) is 1. The van der Waals surface area contributed by atoms with Crippen molar-refractivity contribution < 1.29 is 9.90 Å². The van der Waals surface area contributed by atoms with Crippen LogP contribution < -0.4 is 0 Å². The summed E-state index contributed by atoms with van der Waals surface area (Å²) < 4.78 is 0. The van der Waals surface area contributed by atoms with Crippen LogP contribution >= 0.6 is 11.8 Å². The second-order valence-corrected chi connectivity index (χ2v) is 4.75. The van der Waals surface area contributed by atoms with Crippen molar-refractivity contribution in [2.24, 2.45) is 0 Å². The van der Waals surface area contributed by atoms with Gasteiger partial charge in [-0.3, -0.25) is 4.79 Å². The van der Waals surface area contributed by atoms with Crippen molar-refractivity contribution in [1.82, 2.24) is 4.90 Å². The van der Waals surface area contributed by atoms with Crippen molar-refractivity contribution in [3.63, 3.8) is 0 Å². The van der Waals surface area contributed by atoms with Crippen molar-refractivity contribution in [3.8, 4) is 0 Å². The number of hydrogen-bond acceptors (Lipinski definition) is 3. The number of likely N-dealkylation sites (tertiary alicyclic amines) is 1. The molecule has 1 rings (SSSR count). The Morgan fingerprint density at radius 2 is 2.17 bits per heavy atom. The average Bonchev–Trinajstić information content (AvgIpc) is 1.97. The first-order valence-corrected chi connectivity index (χ1v) is 5.29. The van der Waals surface area contributed by atoms with Gasteiger partial charge in [-0.25, -0.2) is 0 Å². The molecule has 0 aliphatic carbocycles. The summed E-state index contributed by atoms with van der Waals surface area (Å²) >= 11 is 1.54. The third kappa shape index (κ3) is 1.93. The molecule has 1 saturated heterocycles. The molecule has 0 radical (unpaired) electrons. The fraction of sp³-hybridized carbons (Fsp3) is 0.875. The molecule has 1 unspecified atom stereocenters. The summed E-state index contributed by atoms with van der Waals surface area (Å²) in [5.41, 5.74) is -0.645. The predicted molar refractivity (Wildman–Crippen MR) is 50.2 cm³/mol. The van der Waals surface area contributed by atoms with E-state index in [4.69, 9.17) is 0 Å². The maximum atomic E-state index is 11.4. The number of amides is 1. The van der Waals surface area contributed by atoms with Crippen LogP contribution in [0, 0.1) is 0 Å². The third-order valence-corrected chi connectivity index (χ3v) is 2.98. The molecule has 4 heteroatoms. The largest absolute Gasteiger partial charge is 0.386 e. The molecule has 0 saturated carbocycles. The van der Waals surface area contributed by atoms with Gasteiger partial charge in [-0.15, -0.1) is 0 Å². The van der Waals surface area contributed by atoms with Gasteiger partial charge < -0.3 is 10.0 Å². The fourth-order valence-electron chi connectivity index (χ4n) is 1.29. The Balaban J connectivity index is 2.38. The van der Waals surface area contributed by atoms with Crippen LogP contribution in [0.15, 0.2) is 0 Å². The lowest BCUT2D eigenvalue weighted by Crippen LogP contribution is -2.63. The number of carbonyl (C=O) groups excluding carboxylic acids is 1. The van der Waals surface area contributed by atoms with Gasteiger partial charge >= 0.3 is 0 Å². The van der Waals surface area contributed by atoms with Crippen LogP contribution in [0.3, 0.4) is 0 Å². The highest BCUT2D eigenvalue weighted by Crippen LogP contribution is 2.22. The van der Waals surface area contributed by atoms with Crippen LogP contribution in [0.25, 0.3) is 0 Å². The van der Waals surface area contributed by atoms with Gasteiger partial charge in [0.2, 0.25) is 5.91 Å². The van der Waals surface area contributed by atoms with Crippen molar-refractivity contribution in [2.45, 2.75) is 24.7 Å². The Morgan fingerprint density at radius 1 is 1.67 bits per heavy atom. The van der Waals surface area contributed by atoms with Crippen LogP contribution in [0.1, 0.15) is 13.8 Å². The monoisotopic (exact) mass is 189 g/mol. The first kappa shape index (κ1) is 9.86. The van der Waals surface area contributed by atoms with Gasteiger partial charge in [0, 0.05) is 0 Å². The summed E-state index contributed by atoms with van der Waals surface area (Å²) in [6.07, 6.45) is 1.92. The number of hydrogen-bond donors (Lipinski definition) is 1. The zero-order valence-electron chi connectivity index (χ0n) is 7.70. The van der Waals surface area contributed by atoms with Gasteiger partial charge in [0.05, 0.1) is 23.9 Å². The SMILES string of the molecule is CSC(C)C(=O)N1CC(C)(O)C1. The maximum absolute atomic E-state index is 11.4. The van der Waals surface area contributed by atoms with Crippen LogP contribution in [0.4, 0.5) is 0 Å². The van der Waals surface area contributed by atoms with Crippen LogP contribution in [0.2, 0.25) is 0 Å². The van der Waals surface area contributed by atoms with E-state index in [1.807, 2.05) is 13.2 Å². The highest BCUT2D eigenvalue weighted by Gasteiger charge is 2.40. The van der Waals surface area contributed by atoms with Gasteiger partial charge in [0.15, 0.2) is 0 Å². The first-order chi connectivity index (χ1) is 5.46. The van der Waals surface area contributed by atoms with Gasteiger partial charge in [-0.05, 0) is 20.1 Å². The molecular weight excluding hydrogens is 174 g/mol. The minimum Gasteiger partial charge on any atom is -0.386 e. The minimum atomic E-state index is -0.645. The highest BCUT2D eigenvalue weighted by molar-refractivity contribution is 7.99. The molecule has 1 heterocycles. The third-order valence-electron chi connectivity index (χ3n) is 2.08. The van der Waals surface area contributed by atoms with Crippen molar-refractivity contribution in [3.05, 3.63) is 0 Å². The first-order valence-electron chi connectivity index (χ1n) is 4.00. The summed E-state index contributed by atoms with van der Waals surface area (Å²) in [7, 11) is 0. The molecule has 12 heavy (non-hydrogen) atoms. The summed E-state index contributed by atoms with van der Waals surface area (Å²) in [5, 5.41) is 9.40. The lowest BCUT2D eigenvalue weighted by Gasteiger charge is -2.45. The smallest absolute Gasteiger partial charge is 0.235 e. The number of carbonyl (C=O) groups is 1. The normalized spacial score (nSPS) is 23.2. The van der Waals surface area contributed by atoms with Crippen molar-refractivity contribution >= 4 is 17.7 Å². The van der Waals surface area contributed by atoms with Gasteiger partial charge in [-0.1, -0.05) is 0 Å². The van der Waals surface area contributed by atoms with Crippen LogP contribution in [-0.4, -0.2) is 46.1 Å². The van der Waals surface area contributed by atoms with E-state index in [1.54, 1.807) is 11.8 Å². The Labute approximate surface area is 77.1 Å². The summed E-state index contributed by atoms with van der Waals surface area (Å²) in [6, 6.07) is 0. The van der Waals surface area contributed by atoms with Gasteiger partial charge in [0.1, 0.15) is 0 Å². The van der Waals surface area contributed by atoms with Gasteiger partial charge in [-0.2, -0.15) is 11.8 Å². The predicted octanol–water partition coefficient (Wildman–Crippen LogP) is 0.331. The number of aliphatic hydroxyl groups is 1. The molecule has 1 aliphatic rings. The molecule has 1 atom stereocenters. The van der Waals surface area contributed by atoms with E-state index in [2.05, 4.69) is 0 Å². The van der Waals surface area contributed by atoms with E-state index in [9.17, 15) is 9.90 Å². The molecule has 0 aromatic carbocycles. The Hall–Kier alpha value is -0.220. The number of thioether (sulfide) groups is 1. The molecule has 0 bridgehead atoms. The molecule has 0 spiro atoms. The highest BCUT2D eigenvalue weighted by atomic mass is 32.2. The molecule has 1 fully saturated rings. The standard InChI is InChI=1S/C8H15NO2S/c1-6(12-3)7(10)9-4-8(2,11)5-9/h6,11H,4-5H2,1-3H3. The second kappa shape index (κ2) is 3.26. The number of nitrogens with zero attached hydrogens (tertiary/aromatic N) is 1. The summed E-state index contributed by atoms with van der Waals surface area (Å²) in [4.78, 5) is 13.1. The lowest BCUT2D eigenvalue weighted by atomic mass is 9.97. The molecule has 1 amide bonds.